The van der Waals surface area contributed by atoms with Gasteiger partial charge in [0.25, 0.3) is 0 Å². The van der Waals surface area contributed by atoms with Crippen LogP contribution in [-0.2, 0) is 11.3 Å². The number of nitrogens with one attached hydrogen (secondary N) is 1. The van der Waals surface area contributed by atoms with Crippen molar-refractivity contribution in [1.29, 1.82) is 0 Å². The average Bonchev–Trinajstić information content (AvgIpc) is 3.24. The van der Waals surface area contributed by atoms with E-state index in [9.17, 15) is 9.18 Å². The van der Waals surface area contributed by atoms with Gasteiger partial charge in [0, 0.05) is 19.3 Å². The first-order valence-electron chi connectivity index (χ1n) is 7.34. The Labute approximate surface area is 156 Å². The van der Waals surface area contributed by atoms with Crippen molar-refractivity contribution >= 4 is 51.2 Å². The minimum Gasteiger partial charge on any atom is -0.341 e. The third-order valence-corrected chi connectivity index (χ3v) is 5.92. The highest BCUT2D eigenvalue weighted by atomic mass is 32.2. The first kappa shape index (κ1) is 17.8. The first-order valence-corrected chi connectivity index (χ1v) is 10.1. The molecule has 0 bridgehead atoms. The number of hydrogen-bond donors (Lipinski definition) is 1. The molecule has 0 saturated carbocycles. The summed E-state index contributed by atoms with van der Waals surface area (Å²) in [6.07, 6.45) is 0. The van der Waals surface area contributed by atoms with Gasteiger partial charge in [-0.2, -0.15) is 11.3 Å². The fourth-order valence-corrected chi connectivity index (χ4v) is 4.36. The van der Waals surface area contributed by atoms with Gasteiger partial charge in [-0.15, -0.1) is 10.2 Å². The fraction of sp³-hybridized carbons (Fsp3) is 0.188. The Morgan fingerprint density at radius 2 is 2.24 bits per heavy atom. The lowest BCUT2D eigenvalue weighted by Crippen LogP contribution is -2.27. The Kier molecular flexibility index (Phi) is 6.00. The molecule has 0 unspecified atom stereocenters. The highest BCUT2D eigenvalue weighted by Crippen LogP contribution is 2.28. The summed E-state index contributed by atoms with van der Waals surface area (Å²) in [6, 6.07) is 8.15. The quantitative estimate of drug-likeness (QED) is 0.608. The molecule has 2 aromatic heterocycles. The monoisotopic (exact) mass is 394 g/mol. The van der Waals surface area contributed by atoms with Crippen LogP contribution in [0.5, 0.6) is 0 Å². The van der Waals surface area contributed by atoms with Crippen molar-refractivity contribution in [3.8, 4) is 0 Å². The van der Waals surface area contributed by atoms with E-state index >= 15 is 0 Å². The highest BCUT2D eigenvalue weighted by molar-refractivity contribution is 8.01. The number of benzene rings is 1. The van der Waals surface area contributed by atoms with E-state index < -0.39 is 0 Å². The van der Waals surface area contributed by atoms with E-state index in [4.69, 9.17) is 0 Å². The minimum atomic E-state index is -0.316. The third kappa shape index (κ3) is 5.25. The van der Waals surface area contributed by atoms with Crippen LogP contribution in [-0.4, -0.2) is 33.8 Å². The van der Waals surface area contributed by atoms with Gasteiger partial charge in [0.05, 0.1) is 5.75 Å². The van der Waals surface area contributed by atoms with Gasteiger partial charge in [0.2, 0.25) is 11.0 Å². The number of thioether (sulfide) groups is 1. The van der Waals surface area contributed by atoms with E-state index in [0.29, 0.717) is 27.5 Å². The van der Waals surface area contributed by atoms with Crippen molar-refractivity contribution < 1.29 is 9.18 Å². The lowest BCUT2D eigenvalue weighted by Gasteiger charge is -2.15. The van der Waals surface area contributed by atoms with E-state index in [2.05, 4.69) is 15.5 Å². The number of carbonyl (C=O) groups excluding carboxylic acids is 1. The standard InChI is InChI=1S/C16H15FN4OS3/c1-21(8-11-5-6-23-9-11)14(22)10-24-16-20-19-15(25-16)18-13-4-2-3-12(17)7-13/h2-7,9H,8,10H2,1H3,(H,18,19). The molecule has 25 heavy (non-hydrogen) atoms. The summed E-state index contributed by atoms with van der Waals surface area (Å²) in [5, 5.41) is 15.7. The molecule has 0 fully saturated rings. The van der Waals surface area contributed by atoms with E-state index in [0.717, 1.165) is 5.56 Å². The molecule has 1 amide bonds. The van der Waals surface area contributed by atoms with Crippen LogP contribution in [0.3, 0.4) is 0 Å². The second-order valence-corrected chi connectivity index (χ2v) is 8.16. The van der Waals surface area contributed by atoms with Crippen molar-refractivity contribution in [2.75, 3.05) is 18.1 Å². The van der Waals surface area contributed by atoms with Crippen molar-refractivity contribution in [3.05, 3.63) is 52.5 Å². The molecule has 0 aliphatic carbocycles. The van der Waals surface area contributed by atoms with E-state index in [1.165, 1.54) is 35.2 Å². The largest absolute Gasteiger partial charge is 0.341 e. The van der Waals surface area contributed by atoms with Crippen molar-refractivity contribution in [2.24, 2.45) is 0 Å². The Morgan fingerprint density at radius 1 is 1.36 bits per heavy atom. The summed E-state index contributed by atoms with van der Waals surface area (Å²) in [4.78, 5) is 13.9. The number of carbonyl (C=O) groups is 1. The van der Waals surface area contributed by atoms with Crippen molar-refractivity contribution in [3.63, 3.8) is 0 Å². The van der Waals surface area contributed by atoms with Gasteiger partial charge in [0.1, 0.15) is 5.82 Å². The Bertz CT molecular complexity index is 838. The first-order chi connectivity index (χ1) is 12.1. The molecule has 0 aliphatic rings. The maximum Gasteiger partial charge on any atom is 0.233 e. The van der Waals surface area contributed by atoms with E-state index in [-0.39, 0.29) is 11.7 Å². The molecule has 3 rings (SSSR count). The summed E-state index contributed by atoms with van der Waals surface area (Å²) in [5.41, 5.74) is 1.74. The molecule has 0 radical (unpaired) electrons. The van der Waals surface area contributed by atoms with Crippen LogP contribution in [0.1, 0.15) is 5.56 Å². The van der Waals surface area contributed by atoms with Gasteiger partial charge in [-0.1, -0.05) is 29.2 Å². The molecule has 1 N–H and O–H groups in total. The zero-order chi connectivity index (χ0) is 17.6. The molecule has 0 saturated heterocycles. The summed E-state index contributed by atoms with van der Waals surface area (Å²) in [7, 11) is 1.79. The number of anilines is 2. The van der Waals surface area contributed by atoms with Crippen molar-refractivity contribution in [2.45, 2.75) is 10.9 Å². The Hall–Kier alpha value is -1.97. The van der Waals surface area contributed by atoms with Gasteiger partial charge < -0.3 is 10.2 Å². The van der Waals surface area contributed by atoms with E-state index in [1.807, 2.05) is 16.8 Å². The molecule has 2 heterocycles. The Balaban J connectivity index is 1.50. The lowest BCUT2D eigenvalue weighted by atomic mass is 10.3. The number of halogens is 1. The van der Waals surface area contributed by atoms with E-state index in [1.54, 1.807) is 35.4 Å². The maximum atomic E-state index is 13.2. The molecule has 0 aliphatic heterocycles. The predicted molar refractivity (Wildman–Crippen MR) is 101 cm³/mol. The van der Waals surface area contributed by atoms with Crippen LogP contribution >= 0.6 is 34.4 Å². The number of amides is 1. The molecule has 9 heteroatoms. The fourth-order valence-electron chi connectivity index (χ4n) is 1.99. The van der Waals surface area contributed by atoms with Crippen LogP contribution in [0.4, 0.5) is 15.2 Å². The highest BCUT2D eigenvalue weighted by Gasteiger charge is 2.12. The smallest absolute Gasteiger partial charge is 0.233 e. The number of hydrogen-bond acceptors (Lipinski definition) is 7. The third-order valence-electron chi connectivity index (χ3n) is 3.23. The Morgan fingerprint density at radius 3 is 3.00 bits per heavy atom. The van der Waals surface area contributed by atoms with Gasteiger partial charge in [-0.3, -0.25) is 4.79 Å². The van der Waals surface area contributed by atoms with Crippen LogP contribution in [0.25, 0.3) is 0 Å². The van der Waals surface area contributed by atoms with Gasteiger partial charge >= 0.3 is 0 Å². The van der Waals surface area contributed by atoms with Crippen LogP contribution in [0, 0.1) is 5.82 Å². The number of rotatable bonds is 7. The van der Waals surface area contributed by atoms with Crippen LogP contribution in [0.15, 0.2) is 45.4 Å². The number of nitrogens with zero attached hydrogens (tertiary/aromatic N) is 3. The normalized spacial score (nSPS) is 10.6. The second-order valence-electron chi connectivity index (χ2n) is 5.18. The molecule has 1 aromatic carbocycles. The SMILES string of the molecule is CN(Cc1ccsc1)C(=O)CSc1nnc(Nc2cccc(F)c2)s1. The van der Waals surface area contributed by atoms with Gasteiger partial charge in [-0.25, -0.2) is 4.39 Å². The van der Waals surface area contributed by atoms with Crippen LogP contribution < -0.4 is 5.32 Å². The number of thiophene rings is 1. The van der Waals surface area contributed by atoms with Crippen molar-refractivity contribution in [1.82, 2.24) is 15.1 Å². The van der Waals surface area contributed by atoms with Crippen LogP contribution in [0.2, 0.25) is 0 Å². The molecule has 5 nitrogen and oxygen atoms in total. The molecule has 0 atom stereocenters. The molecule has 3 aromatic rings. The molecular formula is C16H15FN4OS3. The molecule has 0 spiro atoms. The molecular weight excluding hydrogens is 379 g/mol. The summed E-state index contributed by atoms with van der Waals surface area (Å²) in [6.45, 7) is 0.603. The number of aromatic nitrogens is 2. The van der Waals surface area contributed by atoms with Gasteiger partial charge in [-0.05, 0) is 40.6 Å². The van der Waals surface area contributed by atoms with Gasteiger partial charge in [0.15, 0.2) is 4.34 Å². The minimum absolute atomic E-state index is 0.0334. The summed E-state index contributed by atoms with van der Waals surface area (Å²) in [5.74, 6) is 0.0179. The lowest BCUT2D eigenvalue weighted by molar-refractivity contribution is -0.127. The summed E-state index contributed by atoms with van der Waals surface area (Å²) >= 11 is 4.29. The summed E-state index contributed by atoms with van der Waals surface area (Å²) < 4.78 is 13.9. The second kappa shape index (κ2) is 8.41. The predicted octanol–water partition coefficient (Wildman–Crippen LogP) is 4.23. The topological polar surface area (TPSA) is 58.1 Å². The molecule has 130 valence electrons. The maximum absolute atomic E-state index is 13.2. The zero-order valence-electron chi connectivity index (χ0n) is 13.3. The zero-order valence-corrected chi connectivity index (χ0v) is 15.8. The average molecular weight is 395 g/mol.